The topological polar surface area (TPSA) is 138 Å². The van der Waals surface area contributed by atoms with Crippen LogP contribution in [0.15, 0.2) is 79.1 Å². The van der Waals surface area contributed by atoms with Crippen molar-refractivity contribution in [3.63, 3.8) is 0 Å². The smallest absolute Gasteiger partial charge is 0.338 e. The fraction of sp³-hybridized carbons (Fsp3) is 0.231. The maximum absolute atomic E-state index is 12.9. The summed E-state index contributed by atoms with van der Waals surface area (Å²) in [6.07, 6.45) is -0.646. The third-order valence-corrected chi connectivity index (χ3v) is 6.30. The Bertz CT molecular complexity index is 1390. The van der Waals surface area contributed by atoms with Crippen molar-refractivity contribution in [3.8, 4) is 0 Å². The van der Waals surface area contributed by atoms with Gasteiger partial charge in [-0.2, -0.15) is 5.10 Å². The van der Waals surface area contributed by atoms with Crippen molar-refractivity contribution in [3.05, 3.63) is 95.9 Å². The first-order valence-corrected chi connectivity index (χ1v) is 11.4. The minimum Gasteiger partial charge on any atom is -0.459 e. The van der Waals surface area contributed by atoms with Crippen molar-refractivity contribution >= 4 is 23.3 Å². The molecule has 0 spiro atoms. The van der Waals surface area contributed by atoms with Gasteiger partial charge in [0, 0.05) is 0 Å². The van der Waals surface area contributed by atoms with E-state index >= 15 is 0 Å². The van der Waals surface area contributed by atoms with Crippen LogP contribution in [-0.2, 0) is 20.0 Å². The minimum atomic E-state index is -1.93. The Balaban J connectivity index is 1.45. The van der Waals surface area contributed by atoms with E-state index in [4.69, 9.17) is 19.9 Å². The van der Waals surface area contributed by atoms with E-state index in [2.05, 4.69) is 10.1 Å². The molecule has 0 radical (unpaired) electrons. The zero-order chi connectivity index (χ0) is 25.3. The summed E-state index contributed by atoms with van der Waals surface area (Å²) in [5.41, 5.74) is 7.40. The third-order valence-electron chi connectivity index (χ3n) is 6.30. The second-order valence-electron chi connectivity index (χ2n) is 8.50. The highest BCUT2D eigenvalue weighted by Gasteiger charge is 2.56. The van der Waals surface area contributed by atoms with Gasteiger partial charge in [-0.3, -0.25) is 0 Å². The molecular weight excluding hydrogens is 464 g/mol. The van der Waals surface area contributed by atoms with E-state index in [1.54, 1.807) is 79.7 Å². The van der Waals surface area contributed by atoms with Crippen molar-refractivity contribution in [2.75, 3.05) is 12.3 Å². The van der Waals surface area contributed by atoms with E-state index in [1.807, 2.05) is 0 Å². The van der Waals surface area contributed by atoms with Crippen molar-refractivity contribution in [2.24, 2.45) is 5.92 Å². The first kappa shape index (κ1) is 23.5. The summed E-state index contributed by atoms with van der Waals surface area (Å²) in [7, 11) is 0. The van der Waals surface area contributed by atoms with Gasteiger partial charge in [0.15, 0.2) is 5.82 Å². The number of nitrogen functional groups attached to an aromatic ring is 1. The van der Waals surface area contributed by atoms with E-state index in [-0.39, 0.29) is 18.1 Å². The van der Waals surface area contributed by atoms with Gasteiger partial charge in [0.2, 0.25) is 5.79 Å². The first-order valence-electron chi connectivity index (χ1n) is 11.4. The Morgan fingerprint density at radius 2 is 1.67 bits per heavy atom. The number of carbonyl (C=O) groups is 2. The molecule has 1 unspecified atom stereocenters. The summed E-state index contributed by atoms with van der Waals surface area (Å²) >= 11 is 0. The largest absolute Gasteiger partial charge is 0.459 e. The number of rotatable bonds is 6. The second kappa shape index (κ2) is 9.40. The standard InChI is InChI=1S/C26H24N4O6/c1-16-22(35-25(32)18-10-6-3-7-11-18)20(14-34-24(31)17-8-4-2-5-9-17)36-26(16,33)21-13-12-19-23(27)28-15-29-30(19)21/h2-13,15-16,20,22,33H,14H2,1H3,(H2,27,28,29)/t16-,20+,22-,26?/m0/s1. The van der Waals surface area contributed by atoms with Crippen LogP contribution in [0, 0.1) is 5.92 Å². The van der Waals surface area contributed by atoms with Crippen molar-refractivity contribution in [1.29, 1.82) is 0 Å². The molecule has 10 nitrogen and oxygen atoms in total. The van der Waals surface area contributed by atoms with Gasteiger partial charge in [0.05, 0.1) is 17.0 Å². The van der Waals surface area contributed by atoms with E-state index in [9.17, 15) is 14.7 Å². The highest BCUT2D eigenvalue weighted by Crippen LogP contribution is 2.44. The van der Waals surface area contributed by atoms with Crippen LogP contribution in [0.25, 0.3) is 5.52 Å². The van der Waals surface area contributed by atoms with Crippen LogP contribution >= 0.6 is 0 Å². The fourth-order valence-electron chi connectivity index (χ4n) is 4.36. The molecule has 1 fully saturated rings. The van der Waals surface area contributed by atoms with Crippen LogP contribution in [0.2, 0.25) is 0 Å². The molecule has 1 aliphatic heterocycles. The third kappa shape index (κ3) is 4.16. The lowest BCUT2D eigenvalue weighted by Crippen LogP contribution is -2.37. The molecule has 2 aromatic carbocycles. The second-order valence-corrected chi connectivity index (χ2v) is 8.50. The van der Waals surface area contributed by atoms with Crippen LogP contribution in [0.1, 0.15) is 33.3 Å². The molecule has 1 aliphatic rings. The van der Waals surface area contributed by atoms with E-state index in [0.29, 0.717) is 16.6 Å². The molecule has 36 heavy (non-hydrogen) atoms. The molecule has 10 heteroatoms. The molecule has 0 bridgehead atoms. The van der Waals surface area contributed by atoms with E-state index in [0.717, 1.165) is 0 Å². The number of hydrogen-bond donors (Lipinski definition) is 2. The molecule has 3 heterocycles. The van der Waals surface area contributed by atoms with E-state index < -0.39 is 35.9 Å². The van der Waals surface area contributed by atoms with Crippen LogP contribution in [-0.4, -0.2) is 50.5 Å². The van der Waals surface area contributed by atoms with Gasteiger partial charge in [-0.25, -0.2) is 19.1 Å². The molecule has 0 amide bonds. The summed E-state index contributed by atoms with van der Waals surface area (Å²) in [4.78, 5) is 29.4. The first-order chi connectivity index (χ1) is 17.4. The Kier molecular flexibility index (Phi) is 6.13. The molecule has 0 aliphatic carbocycles. The lowest BCUT2D eigenvalue weighted by Gasteiger charge is -2.27. The number of ether oxygens (including phenoxy) is 3. The Morgan fingerprint density at radius 1 is 1.03 bits per heavy atom. The van der Waals surface area contributed by atoms with Gasteiger partial charge in [-0.15, -0.1) is 0 Å². The predicted octanol–water partition coefficient (Wildman–Crippen LogP) is 2.57. The maximum atomic E-state index is 12.9. The number of fused-ring (bicyclic) bond motifs is 1. The van der Waals surface area contributed by atoms with Crippen molar-refractivity contribution < 1.29 is 28.9 Å². The predicted molar refractivity (Wildman–Crippen MR) is 128 cm³/mol. The van der Waals surface area contributed by atoms with E-state index in [1.165, 1.54) is 10.8 Å². The SMILES string of the molecule is C[C@H]1[C@H](OC(=O)c2ccccc2)[C@@H](COC(=O)c2ccccc2)OC1(O)c1ccc2c(N)ncnn12. The number of esters is 2. The maximum Gasteiger partial charge on any atom is 0.338 e. The van der Waals surface area contributed by atoms with Gasteiger partial charge in [0.1, 0.15) is 36.4 Å². The molecule has 1 saturated heterocycles. The lowest BCUT2D eigenvalue weighted by molar-refractivity contribution is -0.226. The number of nitrogens with two attached hydrogens (primary N) is 1. The van der Waals surface area contributed by atoms with Crippen molar-refractivity contribution in [2.45, 2.75) is 24.9 Å². The van der Waals surface area contributed by atoms with Crippen LogP contribution in [0.5, 0.6) is 0 Å². The summed E-state index contributed by atoms with van der Waals surface area (Å²) < 4.78 is 18.8. The molecule has 0 saturated carbocycles. The van der Waals surface area contributed by atoms with Crippen LogP contribution in [0.3, 0.4) is 0 Å². The number of nitrogens with zero attached hydrogens (tertiary/aromatic N) is 3. The number of hydrogen-bond acceptors (Lipinski definition) is 9. The van der Waals surface area contributed by atoms with Crippen LogP contribution < -0.4 is 5.73 Å². The molecule has 4 aromatic rings. The van der Waals surface area contributed by atoms with Crippen LogP contribution in [0.4, 0.5) is 5.82 Å². The molecule has 3 N–H and O–H groups in total. The highest BCUT2D eigenvalue weighted by molar-refractivity contribution is 5.90. The zero-order valence-electron chi connectivity index (χ0n) is 19.4. The van der Waals surface area contributed by atoms with Gasteiger partial charge in [-0.1, -0.05) is 43.3 Å². The summed E-state index contributed by atoms with van der Waals surface area (Å²) in [6.45, 7) is 1.43. The molecule has 4 atom stereocenters. The number of benzene rings is 2. The Morgan fingerprint density at radius 3 is 2.33 bits per heavy atom. The number of anilines is 1. The van der Waals surface area contributed by atoms with Gasteiger partial charge >= 0.3 is 11.9 Å². The number of aliphatic hydroxyl groups is 1. The average molecular weight is 489 g/mol. The summed E-state index contributed by atoms with van der Waals surface area (Å²) in [5.74, 6) is -3.63. The Labute approximate surface area is 206 Å². The molecule has 184 valence electrons. The van der Waals surface area contributed by atoms with Crippen molar-refractivity contribution in [1.82, 2.24) is 14.6 Å². The minimum absolute atomic E-state index is 0.228. The molecule has 2 aromatic heterocycles. The van der Waals surface area contributed by atoms with Gasteiger partial charge in [0.25, 0.3) is 0 Å². The van der Waals surface area contributed by atoms with Gasteiger partial charge < -0.3 is 25.1 Å². The normalized spacial score (nSPS) is 23.4. The zero-order valence-corrected chi connectivity index (χ0v) is 19.4. The summed E-state index contributed by atoms with van der Waals surface area (Å²) in [5, 5.41) is 15.9. The fourth-order valence-corrected chi connectivity index (χ4v) is 4.36. The lowest BCUT2D eigenvalue weighted by atomic mass is 9.93. The quantitative estimate of drug-likeness (QED) is 0.392. The van der Waals surface area contributed by atoms with Gasteiger partial charge in [-0.05, 0) is 36.4 Å². The number of carbonyl (C=O) groups excluding carboxylic acids is 2. The molecular formula is C26H24N4O6. The Hall–Kier alpha value is -4.28. The highest BCUT2D eigenvalue weighted by atomic mass is 16.7. The summed E-state index contributed by atoms with van der Waals surface area (Å²) in [6, 6.07) is 20.2. The average Bonchev–Trinajstić information content (AvgIpc) is 3.45. The monoisotopic (exact) mass is 488 g/mol. The number of aromatic nitrogens is 3. The molecule has 5 rings (SSSR count).